The van der Waals surface area contributed by atoms with Gasteiger partial charge in [-0.3, -0.25) is 4.79 Å². The van der Waals surface area contributed by atoms with Crippen LogP contribution in [0, 0.1) is 0 Å². The molecule has 0 aromatic heterocycles. The molecule has 0 aliphatic rings. The number of sulfone groups is 1. The highest BCUT2D eigenvalue weighted by Gasteiger charge is 2.27. The van der Waals surface area contributed by atoms with Gasteiger partial charge in [-0.05, 0) is 12.1 Å². The van der Waals surface area contributed by atoms with Crippen molar-refractivity contribution in [2.75, 3.05) is 12.8 Å². The minimum Gasteiger partial charge on any atom is -0.508 e. The average Bonchev–Trinajstić information content (AvgIpc) is 2.19. The SMILES string of the molecule is CS(=O)(=O)c1cccc(O)c1C(CN)C(=O)O. The molecule has 0 spiro atoms. The van der Waals surface area contributed by atoms with E-state index in [1.807, 2.05) is 0 Å². The first-order chi connectivity index (χ1) is 7.79. The van der Waals surface area contributed by atoms with Crippen LogP contribution in [0.4, 0.5) is 0 Å². The zero-order valence-corrected chi connectivity index (χ0v) is 9.94. The molecule has 0 radical (unpaired) electrons. The molecule has 4 N–H and O–H groups in total. The summed E-state index contributed by atoms with van der Waals surface area (Å²) in [4.78, 5) is 10.8. The molecule has 1 atom stereocenters. The highest BCUT2D eigenvalue weighted by molar-refractivity contribution is 7.90. The minimum absolute atomic E-state index is 0.162. The zero-order valence-electron chi connectivity index (χ0n) is 9.12. The number of hydrogen-bond donors (Lipinski definition) is 3. The third-order valence-electron chi connectivity index (χ3n) is 2.32. The van der Waals surface area contributed by atoms with E-state index in [1.165, 1.54) is 18.2 Å². The normalized spacial score (nSPS) is 13.3. The van der Waals surface area contributed by atoms with Gasteiger partial charge in [0.25, 0.3) is 0 Å². The second kappa shape index (κ2) is 4.72. The van der Waals surface area contributed by atoms with Crippen LogP contribution in [0.5, 0.6) is 5.75 Å². The number of aromatic hydroxyl groups is 1. The molecule has 0 saturated carbocycles. The van der Waals surface area contributed by atoms with Crippen LogP contribution in [-0.4, -0.2) is 37.4 Å². The van der Waals surface area contributed by atoms with Crippen LogP contribution in [0.3, 0.4) is 0 Å². The number of carboxylic acids is 1. The van der Waals surface area contributed by atoms with E-state index in [4.69, 9.17) is 10.8 Å². The summed E-state index contributed by atoms with van der Waals surface area (Å²) in [5.74, 6) is -2.91. The number of carboxylic acid groups (broad SMARTS) is 1. The summed E-state index contributed by atoms with van der Waals surface area (Å²) in [5.41, 5.74) is 5.14. The van der Waals surface area contributed by atoms with Crippen molar-refractivity contribution in [3.63, 3.8) is 0 Å². The molecule has 6 nitrogen and oxygen atoms in total. The molecule has 94 valence electrons. The maximum Gasteiger partial charge on any atom is 0.312 e. The first-order valence-electron chi connectivity index (χ1n) is 4.73. The van der Waals surface area contributed by atoms with Gasteiger partial charge in [-0.25, -0.2) is 8.42 Å². The molecular formula is C10H13NO5S. The van der Waals surface area contributed by atoms with Crippen LogP contribution < -0.4 is 5.73 Å². The first kappa shape index (κ1) is 13.5. The summed E-state index contributed by atoms with van der Waals surface area (Å²) in [5, 5.41) is 18.6. The Morgan fingerprint density at radius 2 is 2.06 bits per heavy atom. The predicted molar refractivity (Wildman–Crippen MR) is 60.6 cm³/mol. The van der Waals surface area contributed by atoms with Gasteiger partial charge in [0.2, 0.25) is 0 Å². The Bertz CT molecular complexity index is 538. The molecule has 1 aromatic rings. The van der Waals surface area contributed by atoms with E-state index >= 15 is 0 Å². The summed E-state index contributed by atoms with van der Waals surface area (Å²) >= 11 is 0. The van der Waals surface area contributed by atoms with E-state index in [1.54, 1.807) is 0 Å². The smallest absolute Gasteiger partial charge is 0.312 e. The Morgan fingerprint density at radius 1 is 1.47 bits per heavy atom. The van der Waals surface area contributed by atoms with Crippen molar-refractivity contribution in [2.45, 2.75) is 10.8 Å². The van der Waals surface area contributed by atoms with Crippen molar-refractivity contribution in [3.8, 4) is 5.75 Å². The molecule has 17 heavy (non-hydrogen) atoms. The van der Waals surface area contributed by atoms with Crippen molar-refractivity contribution in [3.05, 3.63) is 23.8 Å². The lowest BCUT2D eigenvalue weighted by Gasteiger charge is -2.15. The highest BCUT2D eigenvalue weighted by atomic mass is 32.2. The third-order valence-corrected chi connectivity index (χ3v) is 3.48. The maximum absolute atomic E-state index is 11.5. The van der Waals surface area contributed by atoms with Crippen LogP contribution in [0.2, 0.25) is 0 Å². The number of carbonyl (C=O) groups is 1. The Kier molecular flexibility index (Phi) is 3.74. The number of nitrogens with two attached hydrogens (primary N) is 1. The largest absolute Gasteiger partial charge is 0.508 e. The van der Waals surface area contributed by atoms with Crippen molar-refractivity contribution in [2.24, 2.45) is 5.73 Å². The molecule has 1 unspecified atom stereocenters. The Balaban J connectivity index is 3.56. The van der Waals surface area contributed by atoms with E-state index in [0.717, 1.165) is 6.26 Å². The monoisotopic (exact) mass is 259 g/mol. The van der Waals surface area contributed by atoms with Gasteiger partial charge in [-0.1, -0.05) is 6.07 Å². The van der Waals surface area contributed by atoms with Crippen LogP contribution in [-0.2, 0) is 14.6 Å². The summed E-state index contributed by atoms with van der Waals surface area (Å²) < 4.78 is 23.0. The first-order valence-corrected chi connectivity index (χ1v) is 6.63. The summed E-state index contributed by atoms with van der Waals surface area (Å²) in [7, 11) is -3.62. The maximum atomic E-state index is 11.5. The fraction of sp³-hybridized carbons (Fsp3) is 0.300. The van der Waals surface area contributed by atoms with Crippen molar-refractivity contribution in [1.29, 1.82) is 0 Å². The van der Waals surface area contributed by atoms with Crippen molar-refractivity contribution < 1.29 is 23.4 Å². The number of hydrogen-bond acceptors (Lipinski definition) is 5. The van der Waals surface area contributed by atoms with Gasteiger partial charge in [-0.15, -0.1) is 0 Å². The van der Waals surface area contributed by atoms with Crippen LogP contribution >= 0.6 is 0 Å². The zero-order chi connectivity index (χ0) is 13.2. The third kappa shape index (κ3) is 2.75. The van der Waals surface area contributed by atoms with E-state index < -0.39 is 21.7 Å². The van der Waals surface area contributed by atoms with Crippen LogP contribution in [0.25, 0.3) is 0 Å². The van der Waals surface area contributed by atoms with Gasteiger partial charge >= 0.3 is 5.97 Å². The van der Waals surface area contributed by atoms with Gasteiger partial charge < -0.3 is 15.9 Å². The average molecular weight is 259 g/mol. The summed E-state index contributed by atoms with van der Waals surface area (Å²) in [6.45, 7) is -0.296. The molecule has 0 aliphatic heterocycles. The number of phenols is 1. The lowest BCUT2D eigenvalue weighted by atomic mass is 9.98. The molecule has 0 aliphatic carbocycles. The molecule has 7 heteroatoms. The van der Waals surface area contributed by atoms with Gasteiger partial charge in [0.1, 0.15) is 5.75 Å². The lowest BCUT2D eigenvalue weighted by Crippen LogP contribution is -2.23. The topological polar surface area (TPSA) is 118 Å². The Morgan fingerprint density at radius 3 is 2.47 bits per heavy atom. The van der Waals surface area contributed by atoms with Crippen LogP contribution in [0.1, 0.15) is 11.5 Å². The highest BCUT2D eigenvalue weighted by Crippen LogP contribution is 2.31. The van der Waals surface area contributed by atoms with E-state index in [0.29, 0.717) is 0 Å². The summed E-state index contributed by atoms with van der Waals surface area (Å²) in [6.07, 6.45) is 0.945. The summed E-state index contributed by atoms with van der Waals surface area (Å²) in [6, 6.07) is 3.82. The van der Waals surface area contributed by atoms with Crippen molar-refractivity contribution in [1.82, 2.24) is 0 Å². The second-order valence-electron chi connectivity index (χ2n) is 3.59. The number of aliphatic carboxylic acids is 1. The van der Waals surface area contributed by atoms with E-state index in [-0.39, 0.29) is 22.8 Å². The van der Waals surface area contributed by atoms with E-state index in [2.05, 4.69) is 0 Å². The second-order valence-corrected chi connectivity index (χ2v) is 5.57. The Labute approximate surface area is 98.6 Å². The fourth-order valence-corrected chi connectivity index (χ4v) is 2.52. The standard InChI is InChI=1S/C10H13NO5S/c1-17(15,16)8-4-2-3-7(12)9(8)6(5-11)10(13)14/h2-4,6,12H,5,11H2,1H3,(H,13,14). The van der Waals surface area contributed by atoms with Gasteiger partial charge in [0.15, 0.2) is 9.84 Å². The number of phenolic OH excluding ortho intramolecular Hbond substituents is 1. The molecule has 1 rings (SSSR count). The van der Waals surface area contributed by atoms with Gasteiger partial charge in [0, 0.05) is 18.4 Å². The molecule has 0 bridgehead atoms. The lowest BCUT2D eigenvalue weighted by molar-refractivity contribution is -0.138. The fourth-order valence-electron chi connectivity index (χ4n) is 1.55. The van der Waals surface area contributed by atoms with Gasteiger partial charge in [0.05, 0.1) is 10.8 Å². The van der Waals surface area contributed by atoms with Crippen LogP contribution in [0.15, 0.2) is 23.1 Å². The predicted octanol–water partition coefficient (Wildman–Crippen LogP) is -0.0774. The van der Waals surface area contributed by atoms with Crippen molar-refractivity contribution >= 4 is 15.8 Å². The Hall–Kier alpha value is -1.60. The quantitative estimate of drug-likeness (QED) is 0.696. The number of rotatable bonds is 4. The molecular weight excluding hydrogens is 246 g/mol. The molecule has 0 saturated heterocycles. The molecule has 1 aromatic carbocycles. The molecule has 0 fully saturated rings. The minimum atomic E-state index is -3.62. The molecule has 0 amide bonds. The molecule has 0 heterocycles. The number of benzene rings is 1. The van der Waals surface area contributed by atoms with Gasteiger partial charge in [-0.2, -0.15) is 0 Å². The van der Waals surface area contributed by atoms with E-state index in [9.17, 15) is 18.3 Å².